The number of carbonyl (C=O) groups is 13. The Balaban J connectivity index is 0.932. The fourth-order valence-corrected chi connectivity index (χ4v) is 11.6. The zero-order valence-electron chi connectivity index (χ0n) is 50.8. The van der Waals surface area contributed by atoms with Gasteiger partial charge in [0.2, 0.25) is 53.2 Å². The molecule has 9 atom stereocenters. The molecule has 7 N–H and O–H groups in total. The summed E-state index contributed by atoms with van der Waals surface area (Å²) in [4.78, 5) is 170. The summed E-state index contributed by atoms with van der Waals surface area (Å²) >= 11 is 7.88. The number of nitrogens with zero attached hydrogens (tertiary/aromatic N) is 4. The first kappa shape index (κ1) is 70.2. The molecule has 4 bridgehead atoms. The van der Waals surface area contributed by atoms with Crippen molar-refractivity contribution in [3.05, 3.63) is 58.7 Å². The molecule has 12 amide bonds. The summed E-state index contributed by atoms with van der Waals surface area (Å²) in [5.41, 5.74) is -1.18. The summed E-state index contributed by atoms with van der Waals surface area (Å²) in [5.74, 6) is -7.20. The van der Waals surface area contributed by atoms with Crippen molar-refractivity contribution in [2.75, 3.05) is 84.8 Å². The number of hydrogen-bond acceptors (Lipinski definition) is 20. The number of fused-ring (bicyclic) bond motifs is 5. The van der Waals surface area contributed by atoms with E-state index in [4.69, 9.17) is 35.3 Å². The number of hydrogen-bond donors (Lipinski definition) is 7. The van der Waals surface area contributed by atoms with Crippen LogP contribution in [0.5, 0.6) is 5.75 Å². The van der Waals surface area contributed by atoms with Gasteiger partial charge in [0.15, 0.2) is 5.72 Å². The number of imide groups is 2. The van der Waals surface area contributed by atoms with Gasteiger partial charge >= 0.3 is 12.1 Å². The topological polar surface area (TPSA) is 377 Å². The fourth-order valence-electron chi connectivity index (χ4n) is 10.2. The number of methoxy groups -OCH3 is 2. The Kier molecular flexibility index (Phi) is 24.8. The minimum absolute atomic E-state index is 0.00957. The number of amides is 12. The largest absolute Gasteiger partial charge is 0.495 e. The SMILES string of the molecule is COc1cc2cc(c1Cl)N(C)C(=O)CC(OC(=O)C(C)N(C)C(=O)CCSC1CC(=O)N(CCCC(=O)NCC(=O)NCC(=O)NCC(=O)NCCC(=O)NCCN3C(=O)C=CC3=O)C1=O)C1OC1(C)C(C)C1CC(O)(NC(=O)O1)C(OC)/C=C/C=C(\C)C2. The van der Waals surface area contributed by atoms with E-state index in [1.807, 2.05) is 13.0 Å². The van der Waals surface area contributed by atoms with Crippen LogP contribution in [0.1, 0.15) is 78.2 Å². The molecule has 0 saturated carbocycles. The number of likely N-dealkylation sites (N-methyl/N-ethyl adjacent to an activating group) is 1. The first-order chi connectivity index (χ1) is 42.1. The molecule has 0 aliphatic carbocycles. The standard InChI is InChI=1S/C58H77ClN10O19S/c1-32-11-9-12-41(85-8)58(83)28-39(87-56(82)65-58)33(2)57(4)53(88-57)38(26-50(78)67(6)36-24-35(23-32)25-37(84-7)52(36)59)86-55(81)34(3)66(5)47(75)17-22-89-40-27-51(79)69(54(40)80)20-10-13-42(70)62-30-45(73)64-31-46(74)63-29-44(72)60-18-16-43(71)61-19-21-68-48(76)14-15-49(68)77/h9,11-12,14-15,24-25,33-34,38-41,53,83H,10,13,16-23,26-31H2,1-8H3,(H,60,72)(H,61,71)(H,62,70)(H,63,74)(H,64,73)(H,65,82)/b12-9+,32-11+. The number of esters is 1. The number of carbonyl (C=O) groups excluding carboxylic acids is 13. The van der Waals surface area contributed by atoms with Gasteiger partial charge in [-0.05, 0) is 51.3 Å². The molecule has 5 heterocycles. The van der Waals surface area contributed by atoms with E-state index in [0.29, 0.717) is 17.9 Å². The maximum Gasteiger partial charge on any atom is 0.409 e. The third-order valence-corrected chi connectivity index (χ3v) is 17.4. The monoisotopic (exact) mass is 1280 g/mol. The molecule has 0 aromatic heterocycles. The van der Waals surface area contributed by atoms with Crippen molar-refractivity contribution in [1.29, 1.82) is 0 Å². The van der Waals surface area contributed by atoms with Gasteiger partial charge in [0.05, 0.1) is 44.1 Å². The third kappa shape index (κ3) is 18.8. The molecule has 31 heteroatoms. The highest BCUT2D eigenvalue weighted by molar-refractivity contribution is 8.00. The van der Waals surface area contributed by atoms with E-state index in [2.05, 4.69) is 31.9 Å². The zero-order valence-corrected chi connectivity index (χ0v) is 52.3. The van der Waals surface area contributed by atoms with Gasteiger partial charge in [0.1, 0.15) is 46.8 Å². The Labute approximate surface area is 523 Å². The molecule has 486 valence electrons. The van der Waals surface area contributed by atoms with E-state index in [0.717, 1.165) is 49.8 Å². The first-order valence-corrected chi connectivity index (χ1v) is 30.2. The van der Waals surface area contributed by atoms with Gasteiger partial charge < -0.3 is 65.2 Å². The molecule has 0 radical (unpaired) electrons. The number of ether oxygens (including phenoxy) is 5. The van der Waals surface area contributed by atoms with Crippen LogP contribution in [0, 0.1) is 5.92 Å². The van der Waals surface area contributed by atoms with E-state index in [1.165, 1.54) is 40.1 Å². The van der Waals surface area contributed by atoms with Crippen molar-refractivity contribution in [3.8, 4) is 5.75 Å². The Morgan fingerprint density at radius 1 is 0.854 bits per heavy atom. The number of aliphatic hydroxyl groups is 1. The number of nitrogens with one attached hydrogen (secondary N) is 6. The molecule has 6 rings (SSSR count). The minimum atomic E-state index is -1.92. The zero-order chi connectivity index (χ0) is 65.5. The highest BCUT2D eigenvalue weighted by atomic mass is 35.5. The van der Waals surface area contributed by atoms with Crippen LogP contribution in [0.25, 0.3) is 0 Å². The van der Waals surface area contributed by atoms with Crippen molar-refractivity contribution in [3.63, 3.8) is 0 Å². The summed E-state index contributed by atoms with van der Waals surface area (Å²) < 4.78 is 29.4. The minimum Gasteiger partial charge on any atom is -0.495 e. The average molecular weight is 1290 g/mol. The number of rotatable bonds is 25. The average Bonchev–Trinajstić information content (AvgIpc) is 1.61. The number of likely N-dealkylation sites (tertiary alicyclic amines) is 1. The van der Waals surface area contributed by atoms with Gasteiger partial charge in [0, 0.05) is 103 Å². The summed E-state index contributed by atoms with van der Waals surface area (Å²) in [7, 11) is 5.74. The maximum absolute atomic E-state index is 14.4. The van der Waals surface area contributed by atoms with Crippen molar-refractivity contribution >= 4 is 106 Å². The number of alkyl carbamates (subject to hydrolysis) is 1. The van der Waals surface area contributed by atoms with Crippen LogP contribution >= 0.6 is 23.4 Å². The van der Waals surface area contributed by atoms with E-state index >= 15 is 0 Å². The van der Waals surface area contributed by atoms with Gasteiger partial charge in [-0.3, -0.25) is 67.9 Å². The van der Waals surface area contributed by atoms with Gasteiger partial charge in [0.25, 0.3) is 11.8 Å². The number of anilines is 1. The first-order valence-electron chi connectivity index (χ1n) is 28.8. The van der Waals surface area contributed by atoms with Crippen molar-refractivity contribution < 1.29 is 91.1 Å². The second kappa shape index (κ2) is 31.5. The quantitative estimate of drug-likeness (QED) is 0.0367. The number of thioether (sulfide) groups is 1. The molecule has 89 heavy (non-hydrogen) atoms. The van der Waals surface area contributed by atoms with Gasteiger partial charge in [-0.15, -0.1) is 11.8 Å². The molecule has 29 nitrogen and oxygen atoms in total. The number of allylic oxidation sites excluding steroid dienone is 3. The maximum atomic E-state index is 14.4. The normalized spacial score (nSPS) is 25.6. The molecule has 1 aromatic rings. The Morgan fingerprint density at radius 2 is 1.48 bits per heavy atom. The third-order valence-electron chi connectivity index (χ3n) is 15.8. The second-order valence-corrected chi connectivity index (χ2v) is 23.8. The van der Waals surface area contributed by atoms with E-state index in [-0.39, 0.29) is 75.5 Å². The molecule has 3 saturated heterocycles. The summed E-state index contributed by atoms with van der Waals surface area (Å²) in [6.45, 7) is 5.16. The van der Waals surface area contributed by atoms with Crippen LogP contribution in [0.3, 0.4) is 0 Å². The van der Waals surface area contributed by atoms with Crippen LogP contribution in [-0.2, 0) is 82.9 Å². The molecule has 1 aromatic carbocycles. The lowest BCUT2D eigenvalue weighted by molar-refractivity contribution is -0.159. The number of halogens is 1. The molecular weight excluding hydrogens is 1210 g/mol. The van der Waals surface area contributed by atoms with Crippen LogP contribution in [0.2, 0.25) is 5.02 Å². The van der Waals surface area contributed by atoms with E-state index in [1.54, 1.807) is 38.1 Å². The lowest BCUT2D eigenvalue weighted by Crippen LogP contribution is -2.64. The summed E-state index contributed by atoms with van der Waals surface area (Å²) in [5, 5.41) is 25.6. The lowest BCUT2D eigenvalue weighted by atomic mass is 9.81. The highest BCUT2D eigenvalue weighted by Gasteiger charge is 2.64. The van der Waals surface area contributed by atoms with Crippen molar-refractivity contribution in [1.82, 2.24) is 46.6 Å². The summed E-state index contributed by atoms with van der Waals surface area (Å²) in [6.07, 6.45) is 1.60. The Bertz CT molecular complexity index is 3020. The molecule has 5 aliphatic heterocycles. The van der Waals surface area contributed by atoms with Crippen LogP contribution in [0.4, 0.5) is 10.5 Å². The molecule has 0 spiro atoms. The number of benzene rings is 1. The van der Waals surface area contributed by atoms with Crippen LogP contribution in [-0.4, -0.2) is 224 Å². The van der Waals surface area contributed by atoms with E-state index < -0.39 is 156 Å². The predicted octanol–water partition coefficient (Wildman–Crippen LogP) is -0.558. The van der Waals surface area contributed by atoms with Crippen LogP contribution in [0.15, 0.2) is 48.1 Å². The second-order valence-electron chi connectivity index (χ2n) is 22.1. The van der Waals surface area contributed by atoms with Crippen molar-refractivity contribution in [2.24, 2.45) is 5.92 Å². The number of epoxide rings is 1. The molecule has 5 aliphatic rings. The van der Waals surface area contributed by atoms with Crippen molar-refractivity contribution in [2.45, 2.75) is 126 Å². The predicted molar refractivity (Wildman–Crippen MR) is 318 cm³/mol. The van der Waals surface area contributed by atoms with Gasteiger partial charge in [-0.2, -0.15) is 0 Å². The highest BCUT2D eigenvalue weighted by Crippen LogP contribution is 2.50. The van der Waals surface area contributed by atoms with E-state index in [9.17, 15) is 67.4 Å². The van der Waals surface area contributed by atoms with Gasteiger partial charge in [-0.25, -0.2) is 9.59 Å². The smallest absolute Gasteiger partial charge is 0.409 e. The van der Waals surface area contributed by atoms with Gasteiger partial charge in [-0.1, -0.05) is 42.3 Å². The fraction of sp³-hybridized carbons (Fsp3) is 0.569. The summed E-state index contributed by atoms with van der Waals surface area (Å²) in [6, 6.07) is 2.28. The molecule has 3 fully saturated rings. The molecule has 9 unspecified atom stereocenters. The molecular formula is C58H77ClN10O19S. The van der Waals surface area contributed by atoms with Crippen LogP contribution < -0.4 is 41.5 Å². The Morgan fingerprint density at radius 3 is 2.13 bits per heavy atom. The Hall–Kier alpha value is -7.93. The lowest BCUT2D eigenvalue weighted by Gasteiger charge is -2.42.